The maximum Gasteiger partial charge on any atom is 0.331 e. The van der Waals surface area contributed by atoms with Gasteiger partial charge in [-0.25, -0.2) is 4.79 Å². The molecule has 0 atom stereocenters. The van der Waals surface area contributed by atoms with Gasteiger partial charge >= 0.3 is 5.97 Å². The number of carbonyl (C=O) groups excluding carboxylic acids is 1. The first-order valence-corrected chi connectivity index (χ1v) is 5.01. The Labute approximate surface area is 81.8 Å². The molecule has 0 bridgehead atoms. The maximum atomic E-state index is 11.1. The monoisotopic (exact) mass is 196 g/mol. The number of allylic oxidation sites excluding steroid dienone is 1. The van der Waals surface area contributed by atoms with E-state index in [4.69, 9.17) is 4.74 Å². The lowest BCUT2D eigenvalue weighted by atomic mass is 10.2. The summed E-state index contributed by atoms with van der Waals surface area (Å²) in [5.74, 6) is -0.270. The predicted octanol–water partition coefficient (Wildman–Crippen LogP) is 2.71. The summed E-state index contributed by atoms with van der Waals surface area (Å²) in [6, 6.07) is 3.94. The van der Waals surface area contributed by atoms with Crippen molar-refractivity contribution in [2.45, 2.75) is 13.8 Å². The average molecular weight is 196 g/mol. The van der Waals surface area contributed by atoms with Crippen LogP contribution in [-0.4, -0.2) is 12.6 Å². The summed E-state index contributed by atoms with van der Waals surface area (Å²) in [4.78, 5) is 12.2. The zero-order chi connectivity index (χ0) is 9.68. The molecule has 0 amide bonds. The Morgan fingerprint density at radius 1 is 1.69 bits per heavy atom. The van der Waals surface area contributed by atoms with Gasteiger partial charge in [0.15, 0.2) is 0 Å². The van der Waals surface area contributed by atoms with Gasteiger partial charge in [0, 0.05) is 11.0 Å². The van der Waals surface area contributed by atoms with E-state index in [1.54, 1.807) is 18.3 Å². The number of esters is 1. The van der Waals surface area contributed by atoms with Crippen molar-refractivity contribution in [3.8, 4) is 0 Å². The number of rotatable bonds is 3. The number of hydrogen-bond donors (Lipinski definition) is 0. The first kappa shape index (κ1) is 9.99. The van der Waals surface area contributed by atoms with Crippen molar-refractivity contribution in [2.24, 2.45) is 0 Å². The third kappa shape index (κ3) is 3.03. The van der Waals surface area contributed by atoms with Gasteiger partial charge in [-0.1, -0.05) is 6.07 Å². The molecule has 0 N–H and O–H groups in total. The van der Waals surface area contributed by atoms with Crippen LogP contribution in [0.15, 0.2) is 23.6 Å². The van der Waals surface area contributed by atoms with E-state index in [-0.39, 0.29) is 5.97 Å². The fourth-order valence-corrected chi connectivity index (χ4v) is 1.64. The number of hydrogen-bond acceptors (Lipinski definition) is 3. The molecule has 1 rings (SSSR count). The van der Waals surface area contributed by atoms with Crippen LogP contribution in [0.2, 0.25) is 0 Å². The molecule has 13 heavy (non-hydrogen) atoms. The Hall–Kier alpha value is -1.09. The molecule has 0 spiro atoms. The summed E-state index contributed by atoms with van der Waals surface area (Å²) in [6.07, 6.45) is 1.52. The van der Waals surface area contributed by atoms with Gasteiger partial charge in [-0.15, -0.1) is 11.3 Å². The van der Waals surface area contributed by atoms with E-state index in [0.717, 1.165) is 10.5 Å². The molecule has 0 aliphatic carbocycles. The topological polar surface area (TPSA) is 26.3 Å². The molecule has 0 unspecified atom stereocenters. The fourth-order valence-electron chi connectivity index (χ4n) is 0.935. The van der Waals surface area contributed by atoms with E-state index in [1.807, 2.05) is 24.4 Å². The van der Waals surface area contributed by atoms with E-state index in [9.17, 15) is 4.79 Å². The second-order valence-corrected chi connectivity index (χ2v) is 3.50. The fraction of sp³-hybridized carbons (Fsp3) is 0.300. The zero-order valence-electron chi connectivity index (χ0n) is 7.74. The highest BCUT2D eigenvalue weighted by Crippen LogP contribution is 2.19. The minimum atomic E-state index is -0.270. The van der Waals surface area contributed by atoms with Crippen LogP contribution in [0.4, 0.5) is 0 Å². The van der Waals surface area contributed by atoms with E-state index in [2.05, 4.69) is 0 Å². The van der Waals surface area contributed by atoms with Crippen molar-refractivity contribution in [3.63, 3.8) is 0 Å². The highest BCUT2D eigenvalue weighted by atomic mass is 32.1. The van der Waals surface area contributed by atoms with Crippen LogP contribution in [0.25, 0.3) is 5.57 Å². The summed E-state index contributed by atoms with van der Waals surface area (Å²) in [5, 5.41) is 1.98. The predicted molar refractivity (Wildman–Crippen MR) is 54.6 cm³/mol. The third-order valence-corrected chi connectivity index (χ3v) is 2.54. The number of thiophene rings is 1. The molecule has 1 heterocycles. The second kappa shape index (κ2) is 4.82. The van der Waals surface area contributed by atoms with Crippen molar-refractivity contribution in [3.05, 3.63) is 28.5 Å². The van der Waals surface area contributed by atoms with Crippen molar-refractivity contribution < 1.29 is 9.53 Å². The van der Waals surface area contributed by atoms with Gasteiger partial charge < -0.3 is 4.74 Å². The van der Waals surface area contributed by atoms with Crippen LogP contribution in [0.3, 0.4) is 0 Å². The van der Waals surface area contributed by atoms with Gasteiger partial charge in [-0.3, -0.25) is 0 Å². The summed E-state index contributed by atoms with van der Waals surface area (Å²) in [6.45, 7) is 4.13. The molecule has 70 valence electrons. The van der Waals surface area contributed by atoms with Crippen LogP contribution in [0.5, 0.6) is 0 Å². The van der Waals surface area contributed by atoms with Crippen LogP contribution >= 0.6 is 11.3 Å². The standard InChI is InChI=1S/C10H12O2S/c1-3-12-10(11)7-8(2)9-5-4-6-13-9/h4-7H,3H2,1-2H3/b8-7+. The highest BCUT2D eigenvalue weighted by Gasteiger charge is 2.00. The first-order valence-electron chi connectivity index (χ1n) is 4.13. The summed E-state index contributed by atoms with van der Waals surface area (Å²) in [5.41, 5.74) is 0.952. The van der Waals surface area contributed by atoms with Gasteiger partial charge in [0.05, 0.1) is 6.61 Å². The Kier molecular flexibility index (Phi) is 3.71. The maximum absolute atomic E-state index is 11.1. The molecule has 3 heteroatoms. The molecule has 0 saturated carbocycles. The first-order chi connectivity index (χ1) is 6.24. The average Bonchev–Trinajstić information content (AvgIpc) is 2.55. The van der Waals surface area contributed by atoms with E-state index < -0.39 is 0 Å². The van der Waals surface area contributed by atoms with Crippen LogP contribution in [0, 0.1) is 0 Å². The van der Waals surface area contributed by atoms with E-state index in [1.165, 1.54) is 6.08 Å². The van der Waals surface area contributed by atoms with E-state index >= 15 is 0 Å². The Morgan fingerprint density at radius 2 is 2.46 bits per heavy atom. The molecular weight excluding hydrogens is 184 g/mol. The normalized spacial score (nSPS) is 11.4. The van der Waals surface area contributed by atoms with Gasteiger partial charge in [0.2, 0.25) is 0 Å². The lowest BCUT2D eigenvalue weighted by Gasteiger charge is -1.97. The van der Waals surface area contributed by atoms with Gasteiger partial charge in [-0.2, -0.15) is 0 Å². The molecule has 1 aromatic heterocycles. The molecule has 0 aromatic carbocycles. The Balaban J connectivity index is 2.67. The summed E-state index contributed by atoms with van der Waals surface area (Å²) in [7, 11) is 0. The lowest BCUT2D eigenvalue weighted by molar-refractivity contribution is -0.137. The minimum absolute atomic E-state index is 0.270. The molecule has 0 aliphatic heterocycles. The molecule has 2 nitrogen and oxygen atoms in total. The SMILES string of the molecule is CCOC(=O)/C=C(\C)c1cccs1. The largest absolute Gasteiger partial charge is 0.463 e. The molecular formula is C10H12O2S. The molecule has 0 radical (unpaired) electrons. The van der Waals surface area contributed by atoms with Crippen LogP contribution < -0.4 is 0 Å². The lowest BCUT2D eigenvalue weighted by Crippen LogP contribution is -1.99. The quantitative estimate of drug-likeness (QED) is 0.549. The Bertz CT molecular complexity index is 299. The minimum Gasteiger partial charge on any atom is -0.463 e. The molecule has 1 aromatic rings. The number of ether oxygens (including phenoxy) is 1. The van der Waals surface area contributed by atoms with Crippen LogP contribution in [-0.2, 0) is 9.53 Å². The van der Waals surface area contributed by atoms with Gasteiger partial charge in [0.25, 0.3) is 0 Å². The molecule has 0 saturated heterocycles. The van der Waals surface area contributed by atoms with E-state index in [0.29, 0.717) is 6.61 Å². The van der Waals surface area contributed by atoms with Gasteiger partial charge in [0.1, 0.15) is 0 Å². The van der Waals surface area contributed by atoms with Gasteiger partial charge in [-0.05, 0) is 30.9 Å². The molecule has 0 aliphatic rings. The Morgan fingerprint density at radius 3 is 3.00 bits per heavy atom. The van der Waals surface area contributed by atoms with Crippen LogP contribution in [0.1, 0.15) is 18.7 Å². The molecule has 0 fully saturated rings. The second-order valence-electron chi connectivity index (χ2n) is 2.56. The summed E-state index contributed by atoms with van der Waals surface area (Å²) < 4.78 is 4.80. The number of carbonyl (C=O) groups is 1. The summed E-state index contributed by atoms with van der Waals surface area (Å²) >= 11 is 1.62. The zero-order valence-corrected chi connectivity index (χ0v) is 8.56. The third-order valence-electron chi connectivity index (χ3n) is 1.53. The van der Waals surface area contributed by atoms with Crippen molar-refractivity contribution in [1.82, 2.24) is 0 Å². The van der Waals surface area contributed by atoms with Crippen molar-refractivity contribution >= 4 is 22.9 Å². The van der Waals surface area contributed by atoms with Crippen molar-refractivity contribution in [1.29, 1.82) is 0 Å². The smallest absolute Gasteiger partial charge is 0.331 e. The highest BCUT2D eigenvalue weighted by molar-refractivity contribution is 7.11. The van der Waals surface area contributed by atoms with Crippen molar-refractivity contribution in [2.75, 3.05) is 6.61 Å².